The van der Waals surface area contributed by atoms with Crippen molar-refractivity contribution >= 4 is 24.0 Å². The Morgan fingerprint density at radius 3 is 2.92 bits per heavy atom. The molecule has 25 heavy (non-hydrogen) atoms. The topological polar surface area (TPSA) is 48.5 Å². The molecule has 1 atom stereocenters. The number of aromatic nitrogens is 1. The number of pyridine rings is 1. The van der Waals surface area contributed by atoms with Crippen LogP contribution in [0, 0.1) is 0 Å². The Bertz CT molecular complexity index is 724. The van der Waals surface area contributed by atoms with Gasteiger partial charge in [-0.1, -0.05) is 24.3 Å². The number of carbonyl (C=O) groups is 1. The zero-order valence-electron chi connectivity index (χ0n) is 14.1. The van der Waals surface area contributed by atoms with Gasteiger partial charge in [-0.25, -0.2) is 0 Å². The molecule has 2 aliphatic heterocycles. The summed E-state index contributed by atoms with van der Waals surface area (Å²) in [6, 6.07) is 12.5. The molecule has 0 aliphatic carbocycles. The highest BCUT2D eigenvalue weighted by Crippen LogP contribution is 2.28. The van der Waals surface area contributed by atoms with E-state index in [1.807, 2.05) is 29.3 Å². The summed E-state index contributed by atoms with van der Waals surface area (Å²) in [5.74, 6) is 0.191. The molecule has 0 spiro atoms. The van der Waals surface area contributed by atoms with Crippen LogP contribution in [-0.4, -0.2) is 48.5 Å². The van der Waals surface area contributed by atoms with Crippen molar-refractivity contribution in [3.63, 3.8) is 0 Å². The van der Waals surface area contributed by atoms with Gasteiger partial charge in [0.25, 0.3) is 0 Å². The first-order valence-electron chi connectivity index (χ1n) is 8.56. The molecule has 4 rings (SSSR count). The van der Waals surface area contributed by atoms with Crippen LogP contribution in [0.3, 0.4) is 0 Å². The largest absolute Gasteiger partial charge is 0.314 e. The van der Waals surface area contributed by atoms with Gasteiger partial charge in [0.05, 0.1) is 6.54 Å². The second-order valence-electron chi connectivity index (χ2n) is 6.40. The normalized spacial score (nSPS) is 20.0. The molecule has 1 amide bonds. The fourth-order valence-electron chi connectivity index (χ4n) is 3.69. The number of hydrogen-bond acceptors (Lipinski definition) is 4. The number of piperazine rings is 1. The third kappa shape index (κ3) is 3.68. The first kappa shape index (κ1) is 17.9. The number of rotatable bonds is 3. The van der Waals surface area contributed by atoms with E-state index in [2.05, 4.69) is 33.4 Å². The Morgan fingerprint density at radius 2 is 2.08 bits per heavy atom. The van der Waals surface area contributed by atoms with E-state index in [0.29, 0.717) is 6.54 Å². The highest BCUT2D eigenvalue weighted by Gasteiger charge is 2.30. The van der Waals surface area contributed by atoms with Crippen molar-refractivity contribution in [3.05, 3.63) is 59.9 Å². The van der Waals surface area contributed by atoms with Crippen LogP contribution < -0.4 is 10.2 Å². The van der Waals surface area contributed by atoms with Gasteiger partial charge < -0.3 is 10.2 Å². The second kappa shape index (κ2) is 7.95. The van der Waals surface area contributed by atoms with Gasteiger partial charge in [-0.3, -0.25) is 14.7 Å². The van der Waals surface area contributed by atoms with Gasteiger partial charge in [-0.2, -0.15) is 0 Å². The van der Waals surface area contributed by atoms with Crippen LogP contribution in [-0.2, 0) is 11.2 Å². The van der Waals surface area contributed by atoms with Crippen LogP contribution in [0.5, 0.6) is 0 Å². The molecule has 1 saturated heterocycles. The smallest absolute Gasteiger partial charge is 0.241 e. The zero-order valence-corrected chi connectivity index (χ0v) is 14.9. The van der Waals surface area contributed by atoms with E-state index in [9.17, 15) is 4.79 Å². The first-order chi connectivity index (χ1) is 11.8. The van der Waals surface area contributed by atoms with Gasteiger partial charge in [0.15, 0.2) is 0 Å². The van der Waals surface area contributed by atoms with Crippen LogP contribution >= 0.6 is 12.4 Å². The zero-order chi connectivity index (χ0) is 16.4. The SMILES string of the molecule is Cl.O=C(CN1CCNCC1c1cccnc1)N1CCc2ccccc21. The van der Waals surface area contributed by atoms with E-state index in [1.54, 1.807) is 6.20 Å². The number of benzene rings is 1. The predicted molar refractivity (Wildman–Crippen MR) is 101 cm³/mol. The predicted octanol–water partition coefficient (Wildman–Crippen LogP) is 2.04. The Kier molecular flexibility index (Phi) is 5.68. The molecule has 2 aromatic rings. The van der Waals surface area contributed by atoms with E-state index < -0.39 is 0 Å². The molecule has 2 aliphatic rings. The van der Waals surface area contributed by atoms with Gasteiger partial charge in [-0.05, 0) is 29.7 Å². The summed E-state index contributed by atoms with van der Waals surface area (Å²) >= 11 is 0. The minimum Gasteiger partial charge on any atom is -0.314 e. The quantitative estimate of drug-likeness (QED) is 0.912. The van der Waals surface area contributed by atoms with Crippen LogP contribution in [0.25, 0.3) is 0 Å². The average Bonchev–Trinajstić information content (AvgIpc) is 3.07. The van der Waals surface area contributed by atoms with Crippen LogP contribution in [0.15, 0.2) is 48.8 Å². The fourth-order valence-corrected chi connectivity index (χ4v) is 3.69. The molecule has 1 N–H and O–H groups in total. The molecular formula is C19H23ClN4O. The number of amides is 1. The van der Waals surface area contributed by atoms with E-state index in [-0.39, 0.29) is 24.4 Å². The molecule has 3 heterocycles. The number of para-hydroxylation sites is 1. The van der Waals surface area contributed by atoms with Crippen molar-refractivity contribution in [3.8, 4) is 0 Å². The maximum atomic E-state index is 12.9. The van der Waals surface area contributed by atoms with E-state index >= 15 is 0 Å². The van der Waals surface area contributed by atoms with E-state index in [1.165, 1.54) is 11.1 Å². The lowest BCUT2D eigenvalue weighted by molar-refractivity contribution is -0.120. The number of halogens is 1. The Morgan fingerprint density at radius 1 is 1.20 bits per heavy atom. The molecule has 5 nitrogen and oxygen atoms in total. The summed E-state index contributed by atoms with van der Waals surface area (Å²) in [4.78, 5) is 21.3. The lowest BCUT2D eigenvalue weighted by Crippen LogP contribution is -2.50. The maximum Gasteiger partial charge on any atom is 0.241 e. The summed E-state index contributed by atoms with van der Waals surface area (Å²) in [5.41, 5.74) is 3.52. The molecule has 0 saturated carbocycles. The molecule has 6 heteroatoms. The van der Waals surface area contributed by atoms with Gasteiger partial charge in [0, 0.05) is 50.3 Å². The molecular weight excluding hydrogens is 336 g/mol. The van der Waals surface area contributed by atoms with Crippen molar-refractivity contribution in [2.45, 2.75) is 12.5 Å². The number of fused-ring (bicyclic) bond motifs is 1. The molecule has 1 fully saturated rings. The van der Waals surface area contributed by atoms with Crippen molar-refractivity contribution in [1.82, 2.24) is 15.2 Å². The van der Waals surface area contributed by atoms with Crippen molar-refractivity contribution in [1.29, 1.82) is 0 Å². The Hall–Kier alpha value is -1.95. The van der Waals surface area contributed by atoms with Crippen LogP contribution in [0.1, 0.15) is 17.2 Å². The Labute approximate surface area is 154 Å². The molecule has 1 unspecified atom stereocenters. The van der Waals surface area contributed by atoms with Crippen LogP contribution in [0.2, 0.25) is 0 Å². The highest BCUT2D eigenvalue weighted by atomic mass is 35.5. The maximum absolute atomic E-state index is 12.9. The van der Waals surface area contributed by atoms with Crippen LogP contribution in [0.4, 0.5) is 5.69 Å². The lowest BCUT2D eigenvalue weighted by atomic mass is 10.1. The number of anilines is 1. The Balaban J connectivity index is 0.00000182. The summed E-state index contributed by atoms with van der Waals surface area (Å²) in [7, 11) is 0. The standard InChI is InChI=1S/C19H22N4O.ClH/c24-19(23-10-7-15-4-1-2-6-17(15)23)14-22-11-9-21-13-18(22)16-5-3-8-20-12-16;/h1-6,8,12,18,21H,7,9-11,13-14H2;1H. The van der Waals surface area contributed by atoms with Gasteiger partial charge in [-0.15, -0.1) is 12.4 Å². The summed E-state index contributed by atoms with van der Waals surface area (Å²) in [5, 5.41) is 3.43. The summed E-state index contributed by atoms with van der Waals surface area (Å²) < 4.78 is 0. The van der Waals surface area contributed by atoms with Gasteiger partial charge in [0.1, 0.15) is 0 Å². The molecule has 1 aromatic carbocycles. The van der Waals surface area contributed by atoms with E-state index in [4.69, 9.17) is 0 Å². The first-order valence-corrected chi connectivity index (χ1v) is 8.56. The molecule has 0 radical (unpaired) electrons. The number of nitrogens with zero attached hydrogens (tertiary/aromatic N) is 3. The van der Waals surface area contributed by atoms with Crippen molar-refractivity contribution in [2.75, 3.05) is 37.6 Å². The minimum atomic E-state index is 0. The number of nitrogens with one attached hydrogen (secondary N) is 1. The lowest BCUT2D eigenvalue weighted by Gasteiger charge is -2.36. The summed E-state index contributed by atoms with van der Waals surface area (Å²) in [6.07, 6.45) is 4.65. The minimum absolute atomic E-state index is 0. The highest BCUT2D eigenvalue weighted by molar-refractivity contribution is 5.96. The molecule has 0 bridgehead atoms. The summed E-state index contributed by atoms with van der Waals surface area (Å²) in [6.45, 7) is 3.90. The molecule has 132 valence electrons. The second-order valence-corrected chi connectivity index (χ2v) is 6.40. The van der Waals surface area contributed by atoms with Gasteiger partial charge in [0.2, 0.25) is 5.91 Å². The van der Waals surface area contributed by atoms with Gasteiger partial charge >= 0.3 is 0 Å². The third-order valence-electron chi connectivity index (χ3n) is 4.95. The van der Waals surface area contributed by atoms with Crippen molar-refractivity contribution < 1.29 is 4.79 Å². The fraction of sp³-hybridized carbons (Fsp3) is 0.368. The molecule has 1 aromatic heterocycles. The third-order valence-corrected chi connectivity index (χ3v) is 4.95. The van der Waals surface area contributed by atoms with E-state index in [0.717, 1.165) is 38.3 Å². The number of carbonyl (C=O) groups excluding carboxylic acids is 1. The monoisotopic (exact) mass is 358 g/mol. The number of hydrogen-bond donors (Lipinski definition) is 1. The average molecular weight is 359 g/mol. The van der Waals surface area contributed by atoms with Crippen molar-refractivity contribution in [2.24, 2.45) is 0 Å².